The van der Waals surface area contributed by atoms with Crippen LogP contribution in [0.3, 0.4) is 0 Å². The van der Waals surface area contributed by atoms with Gasteiger partial charge >= 0.3 is 0 Å². The Hall–Kier alpha value is -1.11. The van der Waals surface area contributed by atoms with Crippen LogP contribution in [0, 0.1) is 0 Å². The highest BCUT2D eigenvalue weighted by Crippen LogP contribution is 2.18. The number of hydrogen-bond acceptors (Lipinski definition) is 3. The second-order valence-electron chi connectivity index (χ2n) is 3.81. The van der Waals surface area contributed by atoms with Crippen molar-refractivity contribution in [1.82, 2.24) is 4.72 Å². The Morgan fingerprint density at radius 2 is 1.89 bits per heavy atom. The average Bonchev–Trinajstić information content (AvgIpc) is 2.82. The molecule has 2 rings (SSSR count). The van der Waals surface area contributed by atoms with Crippen LogP contribution >= 0.6 is 15.9 Å². The molecule has 0 saturated carbocycles. The van der Waals surface area contributed by atoms with Crippen molar-refractivity contribution in [3.05, 3.63) is 52.9 Å². The lowest BCUT2D eigenvalue weighted by molar-refractivity contribution is 0.459. The fourth-order valence-electron chi connectivity index (χ4n) is 1.51. The minimum atomic E-state index is -3.53. The van der Waals surface area contributed by atoms with Crippen LogP contribution in [0.1, 0.15) is 18.7 Å². The van der Waals surface area contributed by atoms with Crippen LogP contribution in [0.5, 0.6) is 0 Å². The Labute approximate surface area is 114 Å². The molecular formula is C12H12BrNO3S. The molecule has 0 aliphatic rings. The Morgan fingerprint density at radius 3 is 2.44 bits per heavy atom. The third kappa shape index (κ3) is 3.01. The molecule has 96 valence electrons. The number of furan rings is 1. The van der Waals surface area contributed by atoms with Crippen molar-refractivity contribution in [2.45, 2.75) is 17.9 Å². The summed E-state index contributed by atoms with van der Waals surface area (Å²) in [5.41, 5.74) is 0. The number of nitrogens with one attached hydrogen (secondary N) is 1. The van der Waals surface area contributed by atoms with Gasteiger partial charge in [0.25, 0.3) is 0 Å². The highest BCUT2D eigenvalue weighted by atomic mass is 79.9. The third-order valence-electron chi connectivity index (χ3n) is 2.43. The molecule has 0 aliphatic heterocycles. The Bertz CT molecular complexity index is 605. The number of halogens is 1. The molecule has 0 unspecified atom stereocenters. The van der Waals surface area contributed by atoms with Gasteiger partial charge in [0, 0.05) is 4.47 Å². The largest absolute Gasteiger partial charge is 0.468 e. The molecule has 0 bridgehead atoms. The van der Waals surface area contributed by atoms with Crippen molar-refractivity contribution in [3.63, 3.8) is 0 Å². The molecule has 1 heterocycles. The summed E-state index contributed by atoms with van der Waals surface area (Å²) in [6, 6.07) is 9.50. The van der Waals surface area contributed by atoms with E-state index < -0.39 is 16.1 Å². The minimum Gasteiger partial charge on any atom is -0.468 e. The van der Waals surface area contributed by atoms with Gasteiger partial charge in [-0.3, -0.25) is 0 Å². The highest BCUT2D eigenvalue weighted by Gasteiger charge is 2.19. The zero-order valence-electron chi connectivity index (χ0n) is 9.63. The van der Waals surface area contributed by atoms with Crippen LogP contribution in [-0.4, -0.2) is 8.42 Å². The first-order valence-corrected chi connectivity index (χ1v) is 7.58. The SMILES string of the molecule is C[C@@H](NS(=O)(=O)c1ccc(Br)cc1)c1ccco1. The lowest BCUT2D eigenvalue weighted by atomic mass is 10.3. The second-order valence-corrected chi connectivity index (χ2v) is 6.44. The standard InChI is InChI=1S/C12H12BrNO3S/c1-9(12-3-2-8-17-12)14-18(15,16)11-6-4-10(13)5-7-11/h2-9,14H,1H3/t9-/m1/s1. The molecule has 0 saturated heterocycles. The summed E-state index contributed by atoms with van der Waals surface area (Å²) in [5.74, 6) is 0.579. The van der Waals surface area contributed by atoms with E-state index in [1.54, 1.807) is 43.3 Å². The van der Waals surface area contributed by atoms with E-state index in [0.29, 0.717) is 5.76 Å². The van der Waals surface area contributed by atoms with Crippen LogP contribution in [0.2, 0.25) is 0 Å². The molecule has 0 spiro atoms. The molecule has 4 nitrogen and oxygen atoms in total. The molecular weight excluding hydrogens is 318 g/mol. The van der Waals surface area contributed by atoms with Gasteiger partial charge in [-0.05, 0) is 43.3 Å². The Morgan fingerprint density at radius 1 is 1.22 bits per heavy atom. The summed E-state index contributed by atoms with van der Waals surface area (Å²) in [5, 5.41) is 0. The van der Waals surface area contributed by atoms with Crippen molar-refractivity contribution in [3.8, 4) is 0 Å². The summed E-state index contributed by atoms with van der Waals surface area (Å²) in [6.07, 6.45) is 1.51. The number of benzene rings is 1. The molecule has 0 amide bonds. The van der Waals surface area contributed by atoms with Gasteiger partial charge in [0.15, 0.2) is 0 Å². The average molecular weight is 330 g/mol. The van der Waals surface area contributed by atoms with Crippen LogP contribution in [0.15, 0.2) is 56.4 Å². The van der Waals surface area contributed by atoms with Gasteiger partial charge in [-0.2, -0.15) is 0 Å². The van der Waals surface area contributed by atoms with Crippen molar-refractivity contribution in [2.75, 3.05) is 0 Å². The lowest BCUT2D eigenvalue weighted by Crippen LogP contribution is -2.26. The van der Waals surface area contributed by atoms with E-state index in [4.69, 9.17) is 4.42 Å². The quantitative estimate of drug-likeness (QED) is 0.937. The molecule has 0 aliphatic carbocycles. The normalized spacial score (nSPS) is 13.4. The Kier molecular flexibility index (Phi) is 3.89. The van der Waals surface area contributed by atoms with E-state index in [-0.39, 0.29) is 4.90 Å². The zero-order chi connectivity index (χ0) is 13.2. The lowest BCUT2D eigenvalue weighted by Gasteiger charge is -2.12. The predicted octanol–water partition coefficient (Wildman–Crippen LogP) is 3.08. The molecule has 18 heavy (non-hydrogen) atoms. The predicted molar refractivity (Wildman–Crippen MR) is 71.6 cm³/mol. The van der Waals surface area contributed by atoms with Gasteiger partial charge in [0.1, 0.15) is 5.76 Å². The fourth-order valence-corrected chi connectivity index (χ4v) is 2.99. The monoisotopic (exact) mass is 329 g/mol. The smallest absolute Gasteiger partial charge is 0.241 e. The van der Waals surface area contributed by atoms with Gasteiger partial charge in [-0.1, -0.05) is 15.9 Å². The second kappa shape index (κ2) is 5.26. The summed E-state index contributed by atoms with van der Waals surface area (Å²) >= 11 is 3.26. The Balaban J connectivity index is 2.20. The number of sulfonamides is 1. The van der Waals surface area contributed by atoms with E-state index in [1.807, 2.05) is 0 Å². The maximum atomic E-state index is 12.1. The van der Waals surface area contributed by atoms with Gasteiger partial charge < -0.3 is 4.42 Å². The first kappa shape index (κ1) is 13.3. The zero-order valence-corrected chi connectivity index (χ0v) is 12.0. The first-order valence-electron chi connectivity index (χ1n) is 5.30. The summed E-state index contributed by atoms with van der Waals surface area (Å²) in [6.45, 7) is 1.73. The third-order valence-corrected chi connectivity index (χ3v) is 4.51. The van der Waals surface area contributed by atoms with Gasteiger partial charge in [-0.25, -0.2) is 13.1 Å². The van der Waals surface area contributed by atoms with E-state index >= 15 is 0 Å². The van der Waals surface area contributed by atoms with E-state index in [2.05, 4.69) is 20.7 Å². The molecule has 6 heteroatoms. The molecule has 1 N–H and O–H groups in total. The molecule has 1 aromatic heterocycles. The van der Waals surface area contributed by atoms with Crippen molar-refractivity contribution >= 4 is 26.0 Å². The number of rotatable bonds is 4. The maximum absolute atomic E-state index is 12.1. The molecule has 0 radical (unpaired) electrons. The van der Waals surface area contributed by atoms with Gasteiger partial charge in [0.05, 0.1) is 17.2 Å². The summed E-state index contributed by atoms with van der Waals surface area (Å²) in [4.78, 5) is 0.226. The summed E-state index contributed by atoms with van der Waals surface area (Å²) < 4.78 is 32.7. The van der Waals surface area contributed by atoms with Gasteiger partial charge in [-0.15, -0.1) is 0 Å². The molecule has 0 fully saturated rings. The van der Waals surface area contributed by atoms with Crippen molar-refractivity contribution in [2.24, 2.45) is 0 Å². The number of hydrogen-bond donors (Lipinski definition) is 1. The fraction of sp³-hybridized carbons (Fsp3) is 0.167. The van der Waals surface area contributed by atoms with Crippen LogP contribution in [0.4, 0.5) is 0 Å². The van der Waals surface area contributed by atoms with Crippen molar-refractivity contribution in [1.29, 1.82) is 0 Å². The van der Waals surface area contributed by atoms with Crippen LogP contribution in [-0.2, 0) is 10.0 Å². The molecule has 1 aromatic carbocycles. The minimum absolute atomic E-state index is 0.226. The highest BCUT2D eigenvalue weighted by molar-refractivity contribution is 9.10. The van der Waals surface area contributed by atoms with Crippen molar-refractivity contribution < 1.29 is 12.8 Å². The topological polar surface area (TPSA) is 59.3 Å². The van der Waals surface area contributed by atoms with E-state index in [0.717, 1.165) is 4.47 Å². The van der Waals surface area contributed by atoms with E-state index in [1.165, 1.54) is 6.26 Å². The maximum Gasteiger partial charge on any atom is 0.241 e. The van der Waals surface area contributed by atoms with Gasteiger partial charge in [0.2, 0.25) is 10.0 Å². The van der Waals surface area contributed by atoms with Crippen LogP contribution in [0.25, 0.3) is 0 Å². The molecule has 2 aromatic rings. The first-order chi connectivity index (χ1) is 8.49. The van der Waals surface area contributed by atoms with E-state index in [9.17, 15) is 8.42 Å². The summed E-state index contributed by atoms with van der Waals surface area (Å²) in [7, 11) is -3.53. The van der Waals surface area contributed by atoms with Crippen LogP contribution < -0.4 is 4.72 Å². The molecule has 1 atom stereocenters.